The van der Waals surface area contributed by atoms with Gasteiger partial charge in [-0.1, -0.05) is 17.7 Å². The number of Topliss-reactive ketones (excluding diaryl/α,β-unsaturated/α-hetero) is 1. The first-order valence-corrected chi connectivity index (χ1v) is 7.27. The minimum Gasteiger partial charge on any atom is -0.497 e. The molecule has 0 fully saturated rings. The summed E-state index contributed by atoms with van der Waals surface area (Å²) < 4.78 is 6.56. The first-order chi connectivity index (χ1) is 11.0. The Bertz CT molecular complexity index is 962. The molecule has 0 atom stereocenters. The lowest BCUT2D eigenvalue weighted by Gasteiger charge is -2.12. The summed E-state index contributed by atoms with van der Waals surface area (Å²) in [5.74, 6) is 0.268. The molecule has 0 bridgehead atoms. The fraction of sp³-hybridized carbons (Fsp3) is 0.118. The number of fused-ring (bicyclic) bond motifs is 1. The van der Waals surface area contributed by atoms with Crippen molar-refractivity contribution in [2.45, 2.75) is 6.92 Å². The van der Waals surface area contributed by atoms with Crippen molar-refractivity contribution in [3.05, 3.63) is 63.5 Å². The second-order valence-electron chi connectivity index (χ2n) is 4.96. The van der Waals surface area contributed by atoms with E-state index in [1.165, 1.54) is 11.5 Å². The predicted molar refractivity (Wildman–Crippen MR) is 88.9 cm³/mol. The number of benzene rings is 2. The zero-order valence-electron chi connectivity index (χ0n) is 12.5. The van der Waals surface area contributed by atoms with Gasteiger partial charge in [-0.2, -0.15) is 0 Å². The molecule has 0 saturated carbocycles. The average molecular weight is 329 g/mol. The number of ether oxygens (including phenoxy) is 1. The van der Waals surface area contributed by atoms with Crippen molar-refractivity contribution < 1.29 is 9.53 Å². The van der Waals surface area contributed by atoms with Crippen molar-refractivity contribution in [1.29, 1.82) is 0 Å². The monoisotopic (exact) mass is 328 g/mol. The van der Waals surface area contributed by atoms with Crippen LogP contribution in [0.15, 0.2) is 47.3 Å². The van der Waals surface area contributed by atoms with Crippen LogP contribution in [0, 0.1) is 0 Å². The van der Waals surface area contributed by atoms with E-state index in [9.17, 15) is 9.59 Å². The summed E-state index contributed by atoms with van der Waals surface area (Å²) in [6, 6.07) is 12.1. The highest BCUT2D eigenvalue weighted by Gasteiger charge is 2.17. The number of rotatable bonds is 3. The van der Waals surface area contributed by atoms with Crippen LogP contribution in [0.3, 0.4) is 0 Å². The fourth-order valence-electron chi connectivity index (χ4n) is 2.39. The van der Waals surface area contributed by atoms with E-state index in [0.29, 0.717) is 27.5 Å². The number of para-hydroxylation sites is 1. The predicted octanol–water partition coefficient (Wildman–Crippen LogP) is 3.25. The Kier molecular flexibility index (Phi) is 3.88. The van der Waals surface area contributed by atoms with E-state index in [0.717, 1.165) is 0 Å². The molecule has 3 rings (SSSR count). The molecule has 5 nitrogen and oxygen atoms in total. The summed E-state index contributed by atoms with van der Waals surface area (Å²) in [4.78, 5) is 28.6. The third-order valence-electron chi connectivity index (χ3n) is 3.50. The molecule has 6 heteroatoms. The van der Waals surface area contributed by atoms with Crippen molar-refractivity contribution in [2.75, 3.05) is 7.11 Å². The summed E-state index contributed by atoms with van der Waals surface area (Å²) in [5, 5.41) is 0.382. The first-order valence-electron chi connectivity index (χ1n) is 6.89. The van der Waals surface area contributed by atoms with E-state index < -0.39 is 11.3 Å². The maximum absolute atomic E-state index is 12.7. The summed E-state index contributed by atoms with van der Waals surface area (Å²) >= 11 is 6.18. The molecule has 0 aliphatic heterocycles. The lowest BCUT2D eigenvalue weighted by atomic mass is 10.2. The summed E-state index contributed by atoms with van der Waals surface area (Å²) in [7, 11) is 1.57. The van der Waals surface area contributed by atoms with Gasteiger partial charge in [0.2, 0.25) is 0 Å². The number of ketones is 1. The molecule has 0 radical (unpaired) electrons. The van der Waals surface area contributed by atoms with Crippen LogP contribution in [0.5, 0.6) is 5.75 Å². The van der Waals surface area contributed by atoms with Gasteiger partial charge in [0, 0.05) is 12.6 Å². The van der Waals surface area contributed by atoms with Crippen LogP contribution in [-0.4, -0.2) is 22.4 Å². The minimum absolute atomic E-state index is 0.138. The normalized spacial score (nSPS) is 10.7. The van der Waals surface area contributed by atoms with Crippen molar-refractivity contribution in [2.24, 2.45) is 0 Å². The van der Waals surface area contributed by atoms with Gasteiger partial charge in [0.15, 0.2) is 11.5 Å². The number of halogens is 1. The van der Waals surface area contributed by atoms with Gasteiger partial charge in [0.05, 0.1) is 17.6 Å². The van der Waals surface area contributed by atoms with Crippen LogP contribution in [0.25, 0.3) is 16.7 Å². The lowest BCUT2D eigenvalue weighted by molar-refractivity contribution is 0.101. The zero-order valence-corrected chi connectivity index (χ0v) is 13.3. The minimum atomic E-state index is -0.475. The number of hydrogen-bond donors (Lipinski definition) is 0. The molecule has 2 aromatic carbocycles. The highest BCUT2D eigenvalue weighted by atomic mass is 35.5. The average Bonchev–Trinajstić information content (AvgIpc) is 2.54. The van der Waals surface area contributed by atoms with E-state index in [1.807, 2.05) is 0 Å². The van der Waals surface area contributed by atoms with E-state index >= 15 is 0 Å². The van der Waals surface area contributed by atoms with E-state index in [4.69, 9.17) is 16.3 Å². The van der Waals surface area contributed by atoms with Crippen LogP contribution in [0.4, 0.5) is 0 Å². The van der Waals surface area contributed by atoms with Crippen LogP contribution < -0.4 is 10.3 Å². The van der Waals surface area contributed by atoms with Crippen LogP contribution in [-0.2, 0) is 0 Å². The van der Waals surface area contributed by atoms with Gasteiger partial charge < -0.3 is 4.74 Å². The van der Waals surface area contributed by atoms with Gasteiger partial charge in [-0.3, -0.25) is 14.2 Å². The van der Waals surface area contributed by atoms with Gasteiger partial charge >= 0.3 is 0 Å². The number of hydrogen-bond acceptors (Lipinski definition) is 4. The number of aromatic nitrogens is 2. The lowest BCUT2D eigenvalue weighted by Crippen LogP contribution is -2.26. The highest BCUT2D eigenvalue weighted by molar-refractivity contribution is 6.35. The second kappa shape index (κ2) is 5.85. The fourth-order valence-corrected chi connectivity index (χ4v) is 2.60. The van der Waals surface area contributed by atoms with Gasteiger partial charge in [-0.05, 0) is 36.4 Å². The molecule has 0 unspecified atom stereocenters. The van der Waals surface area contributed by atoms with Crippen molar-refractivity contribution in [1.82, 2.24) is 9.55 Å². The third-order valence-corrected chi connectivity index (χ3v) is 3.80. The number of methoxy groups -OCH3 is 1. The van der Waals surface area contributed by atoms with Crippen molar-refractivity contribution in [3.63, 3.8) is 0 Å². The third kappa shape index (κ3) is 2.59. The van der Waals surface area contributed by atoms with E-state index in [1.54, 1.807) is 49.6 Å². The molecule has 0 spiro atoms. The Hall–Kier alpha value is -2.66. The molecular formula is C17H13ClN2O3. The second-order valence-corrected chi connectivity index (χ2v) is 5.37. The number of carbonyl (C=O) groups is 1. The molecule has 23 heavy (non-hydrogen) atoms. The topological polar surface area (TPSA) is 61.2 Å². The summed E-state index contributed by atoms with van der Waals surface area (Å²) in [6.45, 7) is 1.31. The molecule has 116 valence electrons. The maximum atomic E-state index is 12.7. The Morgan fingerprint density at radius 3 is 2.48 bits per heavy atom. The molecular weight excluding hydrogens is 316 g/mol. The quantitative estimate of drug-likeness (QED) is 0.692. The first kappa shape index (κ1) is 15.2. The SMILES string of the molecule is COc1ccc(-n2c(=O)c(C(C)=O)nc3c(Cl)cccc32)cc1. The molecule has 0 amide bonds. The van der Waals surface area contributed by atoms with Crippen molar-refractivity contribution >= 4 is 28.4 Å². The number of nitrogens with zero attached hydrogens (tertiary/aromatic N) is 2. The van der Waals surface area contributed by atoms with Crippen LogP contribution in [0.1, 0.15) is 17.4 Å². The standard InChI is InChI=1S/C17H13ClN2O3/c1-10(21)15-17(22)20(11-6-8-12(23-2)9-7-11)14-5-3-4-13(18)16(14)19-15/h3-9H,1-2H3. The number of carbonyl (C=O) groups excluding carboxylic acids is 1. The molecule has 0 aliphatic carbocycles. The smallest absolute Gasteiger partial charge is 0.285 e. The van der Waals surface area contributed by atoms with Gasteiger partial charge in [-0.15, -0.1) is 0 Å². The largest absolute Gasteiger partial charge is 0.497 e. The Morgan fingerprint density at radius 2 is 1.87 bits per heavy atom. The maximum Gasteiger partial charge on any atom is 0.285 e. The van der Waals surface area contributed by atoms with Gasteiger partial charge in [-0.25, -0.2) is 4.98 Å². The zero-order chi connectivity index (χ0) is 16.6. The van der Waals surface area contributed by atoms with Gasteiger partial charge in [0.25, 0.3) is 5.56 Å². The van der Waals surface area contributed by atoms with Gasteiger partial charge in [0.1, 0.15) is 11.3 Å². The molecule has 0 saturated heterocycles. The van der Waals surface area contributed by atoms with Crippen molar-refractivity contribution in [3.8, 4) is 11.4 Å². The summed E-state index contributed by atoms with van der Waals surface area (Å²) in [6.07, 6.45) is 0. The molecule has 3 aromatic rings. The molecule has 1 heterocycles. The molecule has 1 aromatic heterocycles. The Balaban J connectivity index is 2.41. The Morgan fingerprint density at radius 1 is 1.17 bits per heavy atom. The molecule has 0 N–H and O–H groups in total. The highest BCUT2D eigenvalue weighted by Crippen LogP contribution is 2.23. The summed E-state index contributed by atoms with van der Waals surface area (Å²) in [5.41, 5.74) is 0.944. The van der Waals surface area contributed by atoms with E-state index in [2.05, 4.69) is 4.98 Å². The molecule has 0 aliphatic rings. The van der Waals surface area contributed by atoms with E-state index in [-0.39, 0.29) is 5.69 Å². The van der Waals surface area contributed by atoms with Crippen LogP contribution in [0.2, 0.25) is 5.02 Å². The Labute approximate surface area is 137 Å². The van der Waals surface area contributed by atoms with Crippen LogP contribution >= 0.6 is 11.6 Å².